The summed E-state index contributed by atoms with van der Waals surface area (Å²) >= 11 is 0. The molecule has 0 radical (unpaired) electrons. The third-order valence-corrected chi connectivity index (χ3v) is 5.23. The van der Waals surface area contributed by atoms with Crippen molar-refractivity contribution in [3.8, 4) is 0 Å². The van der Waals surface area contributed by atoms with Gasteiger partial charge in [0.2, 0.25) is 0 Å². The number of carbonyl (C=O) groups excluding carboxylic acids is 1. The summed E-state index contributed by atoms with van der Waals surface area (Å²) < 4.78 is 23.0. The van der Waals surface area contributed by atoms with Crippen LogP contribution in [-0.2, 0) is 9.84 Å². The lowest BCUT2D eigenvalue weighted by Gasteiger charge is -2.23. The predicted molar refractivity (Wildman–Crippen MR) is 82.1 cm³/mol. The van der Waals surface area contributed by atoms with E-state index in [0.29, 0.717) is 17.9 Å². The fourth-order valence-corrected chi connectivity index (χ4v) is 4.13. The fraction of sp³-hybridized carbons (Fsp3) is 0.571. The lowest BCUT2D eigenvalue weighted by Crippen LogP contribution is -2.38. The number of nitrogens with zero attached hydrogens (tertiary/aromatic N) is 2. The first-order valence-electron chi connectivity index (χ1n) is 6.99. The Morgan fingerprint density at radius 3 is 2.71 bits per heavy atom. The Balaban J connectivity index is 2.12. The van der Waals surface area contributed by atoms with Gasteiger partial charge in [0.15, 0.2) is 9.84 Å². The molecule has 1 aliphatic rings. The van der Waals surface area contributed by atoms with Gasteiger partial charge in [-0.1, -0.05) is 6.07 Å². The molecule has 0 bridgehead atoms. The van der Waals surface area contributed by atoms with Crippen LogP contribution in [0.5, 0.6) is 0 Å². The maximum Gasteiger partial charge on any atom is 0.272 e. The van der Waals surface area contributed by atoms with Crippen LogP contribution in [0.1, 0.15) is 30.8 Å². The molecule has 7 heteroatoms. The molecule has 1 saturated heterocycles. The standard InChI is InChI=1S/C14H21N3O3S/c1-10(2)15-13-6-4-5-12(16-13)14(18)17(3)11-7-8-21(19,20)9-11/h4-6,10-11H,7-9H2,1-3H3,(H,15,16). The van der Waals surface area contributed by atoms with E-state index in [9.17, 15) is 13.2 Å². The van der Waals surface area contributed by atoms with Crippen LogP contribution in [0.2, 0.25) is 0 Å². The van der Waals surface area contributed by atoms with Crippen molar-refractivity contribution in [2.75, 3.05) is 23.9 Å². The van der Waals surface area contributed by atoms with Gasteiger partial charge in [-0.05, 0) is 32.4 Å². The number of pyridine rings is 1. The predicted octanol–water partition coefficient (Wildman–Crippen LogP) is 1.16. The number of aromatic nitrogens is 1. The first-order chi connectivity index (χ1) is 9.78. The monoisotopic (exact) mass is 311 g/mol. The van der Waals surface area contributed by atoms with E-state index >= 15 is 0 Å². The maximum atomic E-state index is 12.4. The average molecular weight is 311 g/mol. The van der Waals surface area contributed by atoms with Crippen LogP contribution >= 0.6 is 0 Å². The first kappa shape index (κ1) is 15.8. The van der Waals surface area contributed by atoms with Gasteiger partial charge in [0.1, 0.15) is 11.5 Å². The minimum absolute atomic E-state index is 0.0408. The molecule has 1 aromatic rings. The molecule has 2 heterocycles. The number of hydrogen-bond donors (Lipinski definition) is 1. The molecule has 1 atom stereocenters. The molecule has 1 unspecified atom stereocenters. The van der Waals surface area contributed by atoms with E-state index in [-0.39, 0.29) is 29.5 Å². The Labute approximate surface area is 125 Å². The summed E-state index contributed by atoms with van der Waals surface area (Å²) in [5.41, 5.74) is 0.326. The largest absolute Gasteiger partial charge is 0.368 e. The summed E-state index contributed by atoms with van der Waals surface area (Å²) in [5.74, 6) is 0.587. The quantitative estimate of drug-likeness (QED) is 0.902. The third kappa shape index (κ3) is 3.93. The number of rotatable bonds is 4. The second-order valence-corrected chi connectivity index (χ2v) is 7.91. The summed E-state index contributed by atoms with van der Waals surface area (Å²) in [5, 5.41) is 3.14. The van der Waals surface area contributed by atoms with E-state index in [1.54, 1.807) is 25.2 Å². The van der Waals surface area contributed by atoms with E-state index in [1.807, 2.05) is 13.8 Å². The summed E-state index contributed by atoms with van der Waals surface area (Å²) in [6.45, 7) is 3.98. The zero-order valence-electron chi connectivity index (χ0n) is 12.5. The zero-order chi connectivity index (χ0) is 15.6. The highest BCUT2D eigenvalue weighted by atomic mass is 32.2. The molecule has 116 valence electrons. The van der Waals surface area contributed by atoms with Gasteiger partial charge in [0.05, 0.1) is 11.5 Å². The Kier molecular flexibility index (Phi) is 4.51. The van der Waals surface area contributed by atoms with Crippen molar-refractivity contribution in [3.63, 3.8) is 0 Å². The van der Waals surface area contributed by atoms with Crippen LogP contribution in [0, 0.1) is 0 Å². The second kappa shape index (κ2) is 6.01. The molecule has 2 rings (SSSR count). The first-order valence-corrected chi connectivity index (χ1v) is 8.82. The van der Waals surface area contributed by atoms with Crippen LogP contribution in [0.25, 0.3) is 0 Å². The van der Waals surface area contributed by atoms with Crippen molar-refractivity contribution in [1.29, 1.82) is 0 Å². The number of carbonyl (C=O) groups is 1. The highest BCUT2D eigenvalue weighted by Gasteiger charge is 2.33. The molecule has 0 saturated carbocycles. The molecule has 0 spiro atoms. The van der Waals surface area contributed by atoms with Gasteiger partial charge in [0, 0.05) is 19.1 Å². The van der Waals surface area contributed by atoms with Crippen molar-refractivity contribution in [1.82, 2.24) is 9.88 Å². The number of anilines is 1. The maximum absolute atomic E-state index is 12.4. The minimum Gasteiger partial charge on any atom is -0.368 e. The highest BCUT2D eigenvalue weighted by Crippen LogP contribution is 2.18. The molecule has 1 N–H and O–H groups in total. The molecule has 0 aliphatic carbocycles. The molecule has 21 heavy (non-hydrogen) atoms. The second-order valence-electron chi connectivity index (χ2n) is 5.68. The van der Waals surface area contributed by atoms with Gasteiger partial charge >= 0.3 is 0 Å². The Morgan fingerprint density at radius 1 is 1.43 bits per heavy atom. The van der Waals surface area contributed by atoms with Crippen LogP contribution in [0.3, 0.4) is 0 Å². The molecule has 1 aromatic heterocycles. The van der Waals surface area contributed by atoms with E-state index < -0.39 is 9.84 Å². The molecular weight excluding hydrogens is 290 g/mol. The number of sulfone groups is 1. The average Bonchev–Trinajstić information content (AvgIpc) is 2.77. The summed E-state index contributed by atoms with van der Waals surface area (Å²) in [7, 11) is -1.37. The van der Waals surface area contributed by atoms with E-state index in [2.05, 4.69) is 10.3 Å². The number of hydrogen-bond acceptors (Lipinski definition) is 5. The lowest BCUT2D eigenvalue weighted by atomic mass is 10.2. The van der Waals surface area contributed by atoms with Gasteiger partial charge in [-0.2, -0.15) is 0 Å². The van der Waals surface area contributed by atoms with E-state index in [0.717, 1.165) is 0 Å². The fourth-order valence-electron chi connectivity index (χ4n) is 2.36. The Bertz CT molecular complexity index is 628. The summed E-state index contributed by atoms with van der Waals surface area (Å²) in [4.78, 5) is 18.2. The van der Waals surface area contributed by atoms with Gasteiger partial charge < -0.3 is 10.2 Å². The Morgan fingerprint density at radius 2 is 2.14 bits per heavy atom. The summed E-state index contributed by atoms with van der Waals surface area (Å²) in [6, 6.07) is 5.18. The number of amides is 1. The van der Waals surface area contributed by atoms with Crippen LogP contribution < -0.4 is 5.32 Å². The van der Waals surface area contributed by atoms with Crippen molar-refractivity contribution >= 4 is 21.6 Å². The molecule has 1 aliphatic heterocycles. The third-order valence-electron chi connectivity index (χ3n) is 3.48. The highest BCUT2D eigenvalue weighted by molar-refractivity contribution is 7.91. The molecule has 0 aromatic carbocycles. The van der Waals surface area contributed by atoms with Crippen LogP contribution in [0.4, 0.5) is 5.82 Å². The Hall–Kier alpha value is -1.63. The smallest absolute Gasteiger partial charge is 0.272 e. The normalized spacial score (nSPS) is 20.5. The van der Waals surface area contributed by atoms with E-state index in [4.69, 9.17) is 0 Å². The molecule has 6 nitrogen and oxygen atoms in total. The van der Waals surface area contributed by atoms with Gasteiger partial charge in [-0.3, -0.25) is 4.79 Å². The van der Waals surface area contributed by atoms with E-state index in [1.165, 1.54) is 4.90 Å². The van der Waals surface area contributed by atoms with Gasteiger partial charge in [-0.25, -0.2) is 13.4 Å². The van der Waals surface area contributed by atoms with Crippen molar-refractivity contribution in [3.05, 3.63) is 23.9 Å². The van der Waals surface area contributed by atoms with Gasteiger partial charge in [-0.15, -0.1) is 0 Å². The van der Waals surface area contributed by atoms with Crippen molar-refractivity contribution < 1.29 is 13.2 Å². The van der Waals surface area contributed by atoms with Crippen LogP contribution in [0.15, 0.2) is 18.2 Å². The van der Waals surface area contributed by atoms with Crippen molar-refractivity contribution in [2.24, 2.45) is 0 Å². The molecular formula is C14H21N3O3S. The zero-order valence-corrected chi connectivity index (χ0v) is 13.4. The van der Waals surface area contributed by atoms with Gasteiger partial charge in [0.25, 0.3) is 5.91 Å². The number of nitrogens with one attached hydrogen (secondary N) is 1. The minimum atomic E-state index is -3.01. The van der Waals surface area contributed by atoms with Crippen molar-refractivity contribution in [2.45, 2.75) is 32.4 Å². The lowest BCUT2D eigenvalue weighted by molar-refractivity contribution is 0.0742. The molecule has 1 fully saturated rings. The molecule has 1 amide bonds. The summed E-state index contributed by atoms with van der Waals surface area (Å²) in [6.07, 6.45) is 0.495. The SMILES string of the molecule is CC(C)Nc1cccc(C(=O)N(C)C2CCS(=O)(=O)C2)n1. The topological polar surface area (TPSA) is 79.4 Å². The van der Waals surface area contributed by atoms with Crippen LogP contribution in [-0.4, -0.2) is 54.8 Å².